The summed E-state index contributed by atoms with van der Waals surface area (Å²) in [4.78, 5) is 14.6. The Balaban J connectivity index is 1.65. The van der Waals surface area contributed by atoms with Crippen LogP contribution in [0.2, 0.25) is 0 Å². The minimum absolute atomic E-state index is 0.203. The zero-order valence-electron chi connectivity index (χ0n) is 12.0. The summed E-state index contributed by atoms with van der Waals surface area (Å²) in [7, 11) is 0. The average Bonchev–Trinajstić information content (AvgIpc) is 2.49. The van der Waals surface area contributed by atoms with Crippen LogP contribution in [-0.2, 0) is 0 Å². The number of carbonyl (C=O) groups excluding carboxylic acids is 1. The van der Waals surface area contributed by atoms with Crippen LogP contribution in [0.15, 0.2) is 18.2 Å². The first kappa shape index (κ1) is 13.4. The van der Waals surface area contributed by atoms with Gasteiger partial charge in [-0.25, -0.2) is 0 Å². The third-order valence-corrected chi connectivity index (χ3v) is 4.22. The van der Waals surface area contributed by atoms with Gasteiger partial charge in [0.25, 0.3) is 0 Å². The number of ketones is 1. The molecule has 0 atom stereocenters. The zero-order valence-corrected chi connectivity index (χ0v) is 12.0. The van der Waals surface area contributed by atoms with Gasteiger partial charge >= 0.3 is 0 Å². The van der Waals surface area contributed by atoms with Crippen LogP contribution < -0.4 is 10.1 Å². The summed E-state index contributed by atoms with van der Waals surface area (Å²) in [5.41, 5.74) is 1.72. The molecule has 0 saturated carbocycles. The van der Waals surface area contributed by atoms with Crippen molar-refractivity contribution >= 4 is 11.5 Å². The summed E-state index contributed by atoms with van der Waals surface area (Å²) in [6.07, 6.45) is 2.40. The molecule has 4 nitrogen and oxygen atoms in total. The first-order chi connectivity index (χ1) is 9.72. The van der Waals surface area contributed by atoms with E-state index in [-0.39, 0.29) is 5.78 Å². The van der Waals surface area contributed by atoms with E-state index in [1.807, 2.05) is 18.2 Å². The lowest BCUT2D eigenvalue weighted by Crippen LogP contribution is -2.36. The highest BCUT2D eigenvalue weighted by atomic mass is 16.5. The van der Waals surface area contributed by atoms with E-state index in [0.29, 0.717) is 13.2 Å². The van der Waals surface area contributed by atoms with Gasteiger partial charge in [0.15, 0.2) is 5.78 Å². The first-order valence-corrected chi connectivity index (χ1v) is 7.48. The van der Waals surface area contributed by atoms with Gasteiger partial charge in [0.1, 0.15) is 12.4 Å². The number of fused-ring (bicyclic) bond motifs is 1. The smallest absolute Gasteiger partial charge is 0.176 e. The van der Waals surface area contributed by atoms with E-state index >= 15 is 0 Å². The molecule has 108 valence electrons. The van der Waals surface area contributed by atoms with Crippen LogP contribution >= 0.6 is 0 Å². The fourth-order valence-corrected chi connectivity index (χ4v) is 2.83. The average molecular weight is 274 g/mol. The summed E-state index contributed by atoms with van der Waals surface area (Å²) in [5.74, 6) is 1.85. The molecule has 0 bridgehead atoms. The van der Waals surface area contributed by atoms with Crippen LogP contribution in [0.4, 0.5) is 5.69 Å². The van der Waals surface area contributed by atoms with Crippen LogP contribution in [-0.4, -0.2) is 43.5 Å². The number of rotatable bonds is 3. The van der Waals surface area contributed by atoms with Crippen molar-refractivity contribution in [3.8, 4) is 5.75 Å². The molecule has 1 N–H and O–H groups in total. The topological polar surface area (TPSA) is 41.6 Å². The molecular formula is C16H22N2O2. The Hall–Kier alpha value is -1.55. The monoisotopic (exact) mass is 274 g/mol. The van der Waals surface area contributed by atoms with Crippen molar-refractivity contribution in [3.05, 3.63) is 23.8 Å². The molecule has 1 saturated heterocycles. The molecule has 0 aromatic heterocycles. The van der Waals surface area contributed by atoms with E-state index in [0.717, 1.165) is 42.6 Å². The molecular weight excluding hydrogens is 252 g/mol. The number of ether oxygens (including phenoxy) is 1. The normalized spacial score (nSPS) is 19.9. The molecule has 0 aliphatic carbocycles. The second-order valence-corrected chi connectivity index (χ2v) is 5.87. The highest BCUT2D eigenvalue weighted by Gasteiger charge is 2.19. The summed E-state index contributed by atoms with van der Waals surface area (Å²) < 4.78 is 5.54. The summed E-state index contributed by atoms with van der Waals surface area (Å²) >= 11 is 0. The van der Waals surface area contributed by atoms with Gasteiger partial charge in [0, 0.05) is 12.1 Å². The van der Waals surface area contributed by atoms with Crippen LogP contribution in [0.25, 0.3) is 0 Å². The number of carbonyl (C=O) groups is 1. The SMILES string of the molecule is CC1CCN(CC(=O)c2ccc3c(c2)NCCO3)CC1. The summed E-state index contributed by atoms with van der Waals surface area (Å²) in [6.45, 7) is 6.39. The van der Waals surface area contributed by atoms with Crippen LogP contribution in [0.3, 0.4) is 0 Å². The Bertz CT molecular complexity index is 493. The second kappa shape index (κ2) is 5.83. The minimum Gasteiger partial charge on any atom is -0.490 e. The van der Waals surface area contributed by atoms with Crippen molar-refractivity contribution in [3.63, 3.8) is 0 Å². The van der Waals surface area contributed by atoms with Crippen LogP contribution in [0.5, 0.6) is 5.75 Å². The van der Waals surface area contributed by atoms with Crippen molar-refractivity contribution in [1.29, 1.82) is 0 Å². The maximum atomic E-state index is 12.4. The summed E-state index contributed by atoms with van der Waals surface area (Å²) in [6, 6.07) is 5.69. The maximum absolute atomic E-state index is 12.4. The number of Topliss-reactive ketones (excluding diaryl/α,β-unsaturated/α-hetero) is 1. The Kier molecular flexibility index (Phi) is 3.92. The lowest BCUT2D eigenvalue weighted by molar-refractivity contribution is 0.0900. The highest BCUT2D eigenvalue weighted by Crippen LogP contribution is 2.28. The number of benzene rings is 1. The lowest BCUT2D eigenvalue weighted by Gasteiger charge is -2.29. The fourth-order valence-electron chi connectivity index (χ4n) is 2.83. The van der Waals surface area contributed by atoms with Gasteiger partial charge in [0.2, 0.25) is 0 Å². The molecule has 0 spiro atoms. The zero-order chi connectivity index (χ0) is 13.9. The predicted molar refractivity (Wildman–Crippen MR) is 79.6 cm³/mol. The molecule has 2 aliphatic rings. The van der Waals surface area contributed by atoms with E-state index in [2.05, 4.69) is 17.1 Å². The number of hydrogen-bond donors (Lipinski definition) is 1. The van der Waals surface area contributed by atoms with Crippen LogP contribution in [0.1, 0.15) is 30.1 Å². The number of hydrogen-bond acceptors (Lipinski definition) is 4. The molecule has 1 aromatic rings. The van der Waals surface area contributed by atoms with E-state index in [1.54, 1.807) is 0 Å². The molecule has 0 amide bonds. The molecule has 2 heterocycles. The third-order valence-electron chi connectivity index (χ3n) is 4.22. The Labute approximate surface area is 120 Å². The summed E-state index contributed by atoms with van der Waals surface area (Å²) in [5, 5.41) is 3.28. The van der Waals surface area contributed by atoms with Crippen molar-refractivity contribution in [2.24, 2.45) is 5.92 Å². The Morgan fingerprint density at radius 1 is 1.40 bits per heavy atom. The van der Waals surface area contributed by atoms with Gasteiger partial charge in [0.05, 0.1) is 12.2 Å². The highest BCUT2D eigenvalue weighted by molar-refractivity contribution is 5.98. The van der Waals surface area contributed by atoms with Crippen molar-refractivity contribution < 1.29 is 9.53 Å². The molecule has 0 radical (unpaired) electrons. The number of nitrogens with one attached hydrogen (secondary N) is 1. The number of anilines is 1. The predicted octanol–water partition coefficient (Wildman–Crippen LogP) is 2.41. The van der Waals surface area contributed by atoms with Gasteiger partial charge < -0.3 is 10.1 Å². The van der Waals surface area contributed by atoms with Gasteiger partial charge in [-0.05, 0) is 50.0 Å². The number of nitrogens with zero attached hydrogens (tertiary/aromatic N) is 1. The largest absolute Gasteiger partial charge is 0.490 e. The molecule has 2 aliphatic heterocycles. The molecule has 1 aromatic carbocycles. The molecule has 0 unspecified atom stereocenters. The van der Waals surface area contributed by atoms with Crippen molar-refractivity contribution in [1.82, 2.24) is 4.90 Å². The van der Waals surface area contributed by atoms with Gasteiger partial charge in [-0.2, -0.15) is 0 Å². The second-order valence-electron chi connectivity index (χ2n) is 5.87. The Morgan fingerprint density at radius 2 is 2.20 bits per heavy atom. The quantitative estimate of drug-likeness (QED) is 0.859. The molecule has 20 heavy (non-hydrogen) atoms. The first-order valence-electron chi connectivity index (χ1n) is 7.48. The van der Waals surface area contributed by atoms with Crippen molar-refractivity contribution in [2.45, 2.75) is 19.8 Å². The van der Waals surface area contributed by atoms with Gasteiger partial charge in [-0.1, -0.05) is 6.92 Å². The molecule has 3 rings (SSSR count). The van der Waals surface area contributed by atoms with E-state index in [1.165, 1.54) is 12.8 Å². The number of piperidine rings is 1. The van der Waals surface area contributed by atoms with Gasteiger partial charge in [-0.15, -0.1) is 0 Å². The van der Waals surface area contributed by atoms with Crippen LogP contribution in [0, 0.1) is 5.92 Å². The lowest BCUT2D eigenvalue weighted by atomic mass is 9.98. The Morgan fingerprint density at radius 3 is 3.00 bits per heavy atom. The van der Waals surface area contributed by atoms with Gasteiger partial charge in [-0.3, -0.25) is 9.69 Å². The number of likely N-dealkylation sites (tertiary alicyclic amines) is 1. The van der Waals surface area contributed by atoms with E-state index in [4.69, 9.17) is 4.74 Å². The van der Waals surface area contributed by atoms with Crippen molar-refractivity contribution in [2.75, 3.05) is 38.1 Å². The van der Waals surface area contributed by atoms with E-state index < -0.39 is 0 Å². The maximum Gasteiger partial charge on any atom is 0.176 e. The molecule has 4 heteroatoms. The van der Waals surface area contributed by atoms with E-state index in [9.17, 15) is 4.79 Å². The minimum atomic E-state index is 0.203. The standard InChI is InChI=1S/C16H22N2O2/c1-12-4-7-18(8-5-12)11-15(19)13-2-3-16-14(10-13)17-6-9-20-16/h2-3,10,12,17H,4-9,11H2,1H3. The third kappa shape index (κ3) is 2.96. The molecule has 1 fully saturated rings. The fraction of sp³-hybridized carbons (Fsp3) is 0.562.